The third-order valence-corrected chi connectivity index (χ3v) is 3.12. The number of Topliss-reactive ketones (excluding diaryl/α,β-unsaturated/α-hetero) is 1. The number of rotatable bonds is 2. The van der Waals surface area contributed by atoms with E-state index in [-0.39, 0.29) is 38.8 Å². The number of carboxylic acid groups (broad SMARTS) is 1. The summed E-state index contributed by atoms with van der Waals surface area (Å²) < 4.78 is 9.83. The number of aromatic nitrogens is 3. The van der Waals surface area contributed by atoms with E-state index in [1.165, 1.54) is 11.3 Å². The van der Waals surface area contributed by atoms with E-state index < -0.39 is 5.97 Å². The van der Waals surface area contributed by atoms with Crippen LogP contribution in [0.1, 0.15) is 24.6 Å². The maximum atomic E-state index is 11.6. The van der Waals surface area contributed by atoms with E-state index in [0.29, 0.717) is 22.7 Å². The van der Waals surface area contributed by atoms with E-state index in [4.69, 9.17) is 10.8 Å². The van der Waals surface area contributed by atoms with Gasteiger partial charge in [-0.1, -0.05) is 24.8 Å². The third-order valence-electron chi connectivity index (χ3n) is 3.12. The maximum Gasteiger partial charge on any atom is 0.310 e. The van der Waals surface area contributed by atoms with Crippen molar-refractivity contribution < 1.29 is 44.8 Å². The molecule has 10 nitrogen and oxygen atoms in total. The number of nitrogens with two attached hydrogens (primary N) is 1. The Labute approximate surface area is 218 Å². The Morgan fingerprint density at radius 1 is 1.15 bits per heavy atom. The number of ketones is 1. The van der Waals surface area contributed by atoms with Gasteiger partial charge in [-0.2, -0.15) is 6.92 Å². The van der Waals surface area contributed by atoms with Crippen molar-refractivity contribution in [2.75, 3.05) is 20.0 Å². The van der Waals surface area contributed by atoms with E-state index >= 15 is 0 Å². The minimum Gasteiger partial charge on any atom is -0.481 e. The molecular formula is C21H31N4O6P2W-. The van der Waals surface area contributed by atoms with E-state index in [1.54, 1.807) is 51.7 Å². The summed E-state index contributed by atoms with van der Waals surface area (Å²) in [5.74, 6) is -0.803. The molecule has 0 saturated heterocycles. The molecule has 188 valence electrons. The van der Waals surface area contributed by atoms with Gasteiger partial charge >= 0.3 is 5.97 Å². The predicted octanol–water partition coefficient (Wildman–Crippen LogP) is 2.74. The summed E-state index contributed by atoms with van der Waals surface area (Å²) in [5, 5.41) is 7.86. The van der Waals surface area contributed by atoms with Gasteiger partial charge in [0, 0.05) is 47.7 Å². The summed E-state index contributed by atoms with van der Waals surface area (Å²) >= 11 is 0. The Morgan fingerprint density at radius 2 is 1.68 bits per heavy atom. The Kier molecular flexibility index (Phi) is 24.1. The number of aryl methyl sites for hydroxylation is 1. The summed E-state index contributed by atoms with van der Waals surface area (Å²) in [5.41, 5.74) is 6.97. The Hall–Kier alpha value is -2.21. The van der Waals surface area contributed by atoms with Gasteiger partial charge in [-0.05, 0) is 50.1 Å². The molecule has 3 heterocycles. The second-order valence-corrected chi connectivity index (χ2v) is 6.85. The molecule has 0 fully saturated rings. The molecule has 13 heteroatoms. The number of fused-ring (bicyclic) bond motifs is 1. The monoisotopic (exact) mass is 681 g/mol. The minimum absolute atomic E-state index is 0. The van der Waals surface area contributed by atoms with Crippen molar-refractivity contribution >= 4 is 42.2 Å². The number of carboxylic acids is 1. The number of anilines is 1. The molecule has 3 N–H and O–H groups in total. The van der Waals surface area contributed by atoms with Crippen LogP contribution in [0, 0.1) is 13.8 Å². The SMILES string of the molecule is CC(=O)CC(=O)O.COP.COP.Nc1ccccn1.[CH2-]c1c(C)nc2ccccn2c1=O.[W]. The first-order valence-electron chi connectivity index (χ1n) is 9.18. The van der Waals surface area contributed by atoms with Crippen LogP contribution < -0.4 is 11.3 Å². The van der Waals surface area contributed by atoms with Crippen LogP contribution in [-0.4, -0.2) is 45.4 Å². The molecule has 0 saturated carbocycles. The van der Waals surface area contributed by atoms with Crippen molar-refractivity contribution in [1.82, 2.24) is 14.4 Å². The van der Waals surface area contributed by atoms with Crippen LogP contribution in [-0.2, 0) is 39.7 Å². The first kappa shape index (κ1) is 36.4. The molecule has 2 atom stereocenters. The summed E-state index contributed by atoms with van der Waals surface area (Å²) in [6.45, 7) is 6.71. The molecule has 0 aliphatic heterocycles. The van der Waals surface area contributed by atoms with Crippen molar-refractivity contribution in [3.05, 3.63) is 77.3 Å². The molecule has 3 aromatic heterocycles. The standard InChI is InChI=1S/C10H9N2O.C5H6N2.C4H6O3.2CH5OP.W/c1-7-8(2)11-9-5-3-4-6-12(9)10(7)13;6-5-3-1-2-4-7-5;1-3(5)2-4(6)7;2*1-2-3;/h3-6H,1H2,2H3;1-4H,(H2,6,7);2H2,1H3,(H,6,7);2*3H2,1H3;/q-1;;;;;. The quantitative estimate of drug-likeness (QED) is 0.237. The molecule has 0 bridgehead atoms. The zero-order valence-electron chi connectivity index (χ0n) is 19.5. The van der Waals surface area contributed by atoms with E-state index in [1.807, 2.05) is 18.2 Å². The molecule has 34 heavy (non-hydrogen) atoms. The molecule has 0 aliphatic carbocycles. The molecule has 0 aromatic carbocycles. The number of carbonyl (C=O) groups is 2. The number of aliphatic carboxylic acids is 1. The van der Waals surface area contributed by atoms with Crippen LogP contribution in [0.25, 0.3) is 5.65 Å². The number of pyridine rings is 2. The van der Waals surface area contributed by atoms with Gasteiger partial charge in [0.05, 0.1) is 0 Å². The van der Waals surface area contributed by atoms with Crippen LogP contribution in [0.3, 0.4) is 0 Å². The summed E-state index contributed by atoms with van der Waals surface area (Å²) in [7, 11) is 7.33. The molecule has 0 radical (unpaired) electrons. The largest absolute Gasteiger partial charge is 0.481 e. The minimum atomic E-state index is -1.06. The van der Waals surface area contributed by atoms with Crippen molar-refractivity contribution in [1.29, 1.82) is 0 Å². The number of hydrogen-bond acceptors (Lipinski definition) is 8. The van der Waals surface area contributed by atoms with E-state index in [0.717, 1.165) is 0 Å². The normalized spacial score (nSPS) is 8.53. The fraction of sp³-hybridized carbons (Fsp3) is 0.238. The number of carbonyl (C=O) groups excluding carboxylic acids is 1. The van der Waals surface area contributed by atoms with Gasteiger partial charge in [-0.3, -0.25) is 9.59 Å². The first-order valence-corrected chi connectivity index (χ1v) is 10.1. The Morgan fingerprint density at radius 3 is 2.03 bits per heavy atom. The Bertz CT molecular complexity index is 1010. The van der Waals surface area contributed by atoms with Crippen molar-refractivity contribution in [2.24, 2.45) is 0 Å². The van der Waals surface area contributed by atoms with Gasteiger partial charge in [-0.15, -0.1) is 5.56 Å². The van der Waals surface area contributed by atoms with Gasteiger partial charge in [0.1, 0.15) is 29.2 Å². The number of nitrogen functional groups attached to an aromatic ring is 1. The fourth-order valence-electron chi connectivity index (χ4n) is 1.83. The zero-order chi connectivity index (χ0) is 25.8. The van der Waals surface area contributed by atoms with Crippen molar-refractivity contribution in [2.45, 2.75) is 20.3 Å². The van der Waals surface area contributed by atoms with Crippen LogP contribution in [0.15, 0.2) is 53.6 Å². The summed E-state index contributed by atoms with van der Waals surface area (Å²) in [6, 6.07) is 10.9. The van der Waals surface area contributed by atoms with Gasteiger partial charge in [-0.25, -0.2) is 4.98 Å². The number of hydrogen-bond donors (Lipinski definition) is 2. The van der Waals surface area contributed by atoms with Crippen molar-refractivity contribution in [3.8, 4) is 0 Å². The summed E-state index contributed by atoms with van der Waals surface area (Å²) in [6.07, 6.45) is 2.99. The molecule has 3 rings (SSSR count). The average molecular weight is 681 g/mol. The number of nitrogens with zero attached hydrogens (tertiary/aromatic N) is 3. The molecule has 3 aromatic rings. The molecule has 0 spiro atoms. The molecule has 0 aliphatic rings. The average Bonchev–Trinajstić information content (AvgIpc) is 2.74. The molecule has 2 unspecified atom stereocenters. The zero-order valence-corrected chi connectivity index (χ0v) is 24.7. The van der Waals surface area contributed by atoms with Gasteiger partial charge in [0.15, 0.2) is 0 Å². The molecular weight excluding hydrogens is 650 g/mol. The molecule has 0 amide bonds. The van der Waals surface area contributed by atoms with Crippen LogP contribution >= 0.6 is 18.9 Å². The van der Waals surface area contributed by atoms with Crippen molar-refractivity contribution in [3.63, 3.8) is 0 Å². The van der Waals surface area contributed by atoms with Gasteiger partial charge < -0.3 is 34.1 Å². The van der Waals surface area contributed by atoms with E-state index in [9.17, 15) is 14.4 Å². The smallest absolute Gasteiger partial charge is 0.310 e. The van der Waals surface area contributed by atoms with Crippen LogP contribution in [0.2, 0.25) is 0 Å². The topological polar surface area (TPSA) is 146 Å². The van der Waals surface area contributed by atoms with E-state index in [2.05, 4.69) is 44.9 Å². The van der Waals surface area contributed by atoms with Gasteiger partial charge in [0.25, 0.3) is 0 Å². The maximum absolute atomic E-state index is 11.6. The fourth-order valence-corrected chi connectivity index (χ4v) is 1.83. The summed E-state index contributed by atoms with van der Waals surface area (Å²) in [4.78, 5) is 39.1. The van der Waals surface area contributed by atoms with Gasteiger partial charge in [0.2, 0.25) is 0 Å². The third kappa shape index (κ3) is 18.2. The second kappa shape index (κ2) is 22.6. The Balaban J connectivity index is -0.000000396. The van der Waals surface area contributed by atoms with Crippen LogP contribution in [0.4, 0.5) is 5.82 Å². The second-order valence-electron chi connectivity index (χ2n) is 5.91. The first-order chi connectivity index (χ1) is 15.5. The predicted molar refractivity (Wildman–Crippen MR) is 136 cm³/mol. The van der Waals surface area contributed by atoms with Crippen LogP contribution in [0.5, 0.6) is 0 Å².